The molecular weight excluding hydrogens is 452 g/mol. The number of rotatable bonds is 4. The van der Waals surface area contributed by atoms with Crippen molar-refractivity contribution >= 4 is 53.9 Å². The lowest BCUT2D eigenvalue weighted by Crippen LogP contribution is -2.60. The molecule has 0 spiro atoms. The van der Waals surface area contributed by atoms with E-state index in [-0.39, 0.29) is 51.5 Å². The maximum atomic E-state index is 13.2. The van der Waals surface area contributed by atoms with Crippen LogP contribution >= 0.6 is 11.3 Å². The van der Waals surface area contributed by atoms with Gasteiger partial charge in [0.1, 0.15) is 15.7 Å². The predicted octanol–water partition coefficient (Wildman–Crippen LogP) is 0.0398. The molecule has 1 aromatic rings. The molecule has 0 radical (unpaired) electrons. The van der Waals surface area contributed by atoms with Gasteiger partial charge in [-0.3, -0.25) is 9.59 Å². The van der Waals surface area contributed by atoms with E-state index in [2.05, 4.69) is 19.8 Å². The fraction of sp³-hybridized carbons (Fsp3) is 0.588. The van der Waals surface area contributed by atoms with Crippen LogP contribution in [0.15, 0.2) is 14.7 Å². The van der Waals surface area contributed by atoms with Crippen LogP contribution in [0.1, 0.15) is 24.8 Å². The quantitative estimate of drug-likeness (QED) is 0.523. The van der Waals surface area contributed by atoms with Gasteiger partial charge in [-0.25, -0.2) is 13.1 Å². The molecule has 1 saturated heterocycles. The number of thiophene rings is 1. The first kappa shape index (κ1) is 20.1. The third-order valence-electron chi connectivity index (χ3n) is 6.43. The molecule has 4 aliphatic rings. The number of Topliss-reactive ketones (excluding diaryl/α,β-unsaturated/α-hetero) is 1. The fourth-order valence-electron chi connectivity index (χ4n) is 5.26. The zero-order valence-electron chi connectivity index (χ0n) is 15.9. The van der Waals surface area contributed by atoms with Gasteiger partial charge in [-0.15, -0.1) is 15.7 Å². The Balaban J connectivity index is 1.46. The fourth-order valence-corrected chi connectivity index (χ4v) is 8.32. The molecule has 1 amide bonds. The lowest BCUT2D eigenvalue weighted by atomic mass is 9.74. The molecule has 3 heterocycles. The standard InChI is InChI=1S/C17H20N4O6S3/c1-29(24,25)18-5-9-6-28-17-14(9)30(26,27)21-15(20-17)11-13(22)10-7-2-3-8(4-7)12(10)19-16(11)23/h6-8,10-12,18H,2-5H2,1H3,(H,19,23)(H,20,21)/t7-,8+,10+,11?,12-/m0/s1. The summed E-state index contributed by atoms with van der Waals surface area (Å²) in [4.78, 5) is 25.8. The van der Waals surface area contributed by atoms with Crippen LogP contribution in [-0.4, -0.2) is 46.7 Å². The number of hydrogen-bond acceptors (Lipinski definition) is 8. The molecule has 0 aromatic carbocycles. The monoisotopic (exact) mass is 472 g/mol. The zero-order valence-corrected chi connectivity index (χ0v) is 18.4. The van der Waals surface area contributed by atoms with Gasteiger partial charge in [0.2, 0.25) is 15.9 Å². The maximum absolute atomic E-state index is 13.2. The Morgan fingerprint density at radius 2 is 2.00 bits per heavy atom. The Morgan fingerprint density at radius 3 is 2.73 bits per heavy atom. The first-order valence-corrected chi connectivity index (χ1v) is 13.8. The van der Waals surface area contributed by atoms with Crippen molar-refractivity contribution < 1.29 is 26.4 Å². The second-order valence-corrected chi connectivity index (χ2v) is 12.6. The summed E-state index contributed by atoms with van der Waals surface area (Å²) in [5, 5.41) is 7.52. The van der Waals surface area contributed by atoms with Crippen LogP contribution in [0.2, 0.25) is 0 Å². The van der Waals surface area contributed by atoms with Gasteiger partial charge in [0.05, 0.1) is 6.26 Å². The summed E-state index contributed by atoms with van der Waals surface area (Å²) in [7, 11) is -7.72. The van der Waals surface area contributed by atoms with Crippen molar-refractivity contribution in [2.24, 2.45) is 28.1 Å². The minimum Gasteiger partial charge on any atom is -0.351 e. The van der Waals surface area contributed by atoms with E-state index in [1.165, 1.54) is 5.38 Å². The number of anilines is 1. The Morgan fingerprint density at radius 1 is 1.27 bits per heavy atom. The molecule has 3 N–H and O–H groups in total. The molecule has 1 unspecified atom stereocenters. The van der Waals surface area contributed by atoms with E-state index in [4.69, 9.17) is 0 Å². The number of fused-ring (bicyclic) bond motifs is 6. The molecule has 162 valence electrons. The Labute approximate surface area is 177 Å². The summed E-state index contributed by atoms with van der Waals surface area (Å²) in [6.45, 7) is -0.202. The molecule has 1 aromatic heterocycles. The molecule has 2 bridgehead atoms. The van der Waals surface area contributed by atoms with Gasteiger partial charge in [0, 0.05) is 24.1 Å². The van der Waals surface area contributed by atoms with Crippen LogP contribution in [0.4, 0.5) is 5.00 Å². The minimum atomic E-state index is -4.21. The highest BCUT2D eigenvalue weighted by Crippen LogP contribution is 2.51. The summed E-state index contributed by atoms with van der Waals surface area (Å²) >= 11 is 1.06. The molecular formula is C17H20N4O6S3. The van der Waals surface area contributed by atoms with Crippen molar-refractivity contribution in [3.63, 3.8) is 0 Å². The van der Waals surface area contributed by atoms with Crippen molar-refractivity contribution in [2.75, 3.05) is 11.6 Å². The Bertz CT molecular complexity index is 1200. The van der Waals surface area contributed by atoms with Crippen molar-refractivity contribution in [2.45, 2.75) is 36.7 Å². The van der Waals surface area contributed by atoms with E-state index in [0.29, 0.717) is 5.92 Å². The van der Waals surface area contributed by atoms with Crippen molar-refractivity contribution in [3.8, 4) is 0 Å². The van der Waals surface area contributed by atoms with Crippen LogP contribution in [0, 0.1) is 23.7 Å². The number of amidine groups is 1. The van der Waals surface area contributed by atoms with Gasteiger partial charge < -0.3 is 10.6 Å². The largest absolute Gasteiger partial charge is 0.351 e. The van der Waals surface area contributed by atoms with Gasteiger partial charge in [-0.05, 0) is 36.5 Å². The number of piperidine rings is 1. The maximum Gasteiger partial charge on any atom is 0.287 e. The van der Waals surface area contributed by atoms with E-state index in [9.17, 15) is 26.4 Å². The van der Waals surface area contributed by atoms with Crippen LogP contribution < -0.4 is 15.4 Å². The molecule has 2 aliphatic heterocycles. The number of hydrogen-bond donors (Lipinski definition) is 3. The average Bonchev–Trinajstić information content (AvgIpc) is 3.33. The molecule has 30 heavy (non-hydrogen) atoms. The number of sulfonamides is 2. The summed E-state index contributed by atoms with van der Waals surface area (Å²) in [6, 6.07) is -0.160. The van der Waals surface area contributed by atoms with Crippen LogP contribution in [0.25, 0.3) is 0 Å². The number of ketones is 1. The molecule has 10 nitrogen and oxygen atoms in total. The van der Waals surface area contributed by atoms with Crippen molar-refractivity contribution in [1.29, 1.82) is 0 Å². The average molecular weight is 473 g/mol. The molecule has 3 fully saturated rings. The number of carbonyl (C=O) groups is 2. The summed E-state index contributed by atoms with van der Waals surface area (Å²) in [5.41, 5.74) is 0.253. The first-order chi connectivity index (χ1) is 14.0. The van der Waals surface area contributed by atoms with Gasteiger partial charge in [-0.1, -0.05) is 0 Å². The van der Waals surface area contributed by atoms with Crippen LogP contribution in [-0.2, 0) is 36.2 Å². The van der Waals surface area contributed by atoms with Crippen LogP contribution in [0.3, 0.4) is 0 Å². The highest BCUT2D eigenvalue weighted by atomic mass is 32.2. The summed E-state index contributed by atoms with van der Waals surface area (Å²) in [5.74, 6) is -2.01. The molecule has 2 aliphatic carbocycles. The SMILES string of the molecule is CS(=O)(=O)NCc1csc2c1S(=O)(=O)N=C(C1C(=O)N[C@H]3[C@@H]4CC[C@@H](C4)[C@H]3C1=O)N2. The molecule has 5 rings (SSSR count). The third kappa shape index (κ3) is 3.10. The molecule has 2 saturated carbocycles. The van der Waals surface area contributed by atoms with E-state index < -0.39 is 31.9 Å². The van der Waals surface area contributed by atoms with Gasteiger partial charge in [0.25, 0.3) is 10.0 Å². The van der Waals surface area contributed by atoms with E-state index in [0.717, 1.165) is 36.9 Å². The van der Waals surface area contributed by atoms with Crippen molar-refractivity contribution in [1.82, 2.24) is 10.0 Å². The second kappa shape index (κ2) is 6.58. The highest BCUT2D eigenvalue weighted by molar-refractivity contribution is 7.91. The van der Waals surface area contributed by atoms with E-state index in [1.54, 1.807) is 0 Å². The number of carbonyl (C=O) groups excluding carboxylic acids is 2. The van der Waals surface area contributed by atoms with Gasteiger partial charge >= 0.3 is 0 Å². The number of amides is 1. The van der Waals surface area contributed by atoms with Crippen molar-refractivity contribution in [3.05, 3.63) is 10.9 Å². The van der Waals surface area contributed by atoms with E-state index in [1.807, 2.05) is 0 Å². The topological polar surface area (TPSA) is 151 Å². The number of nitrogens with zero attached hydrogens (tertiary/aromatic N) is 1. The molecule has 13 heteroatoms. The lowest BCUT2D eigenvalue weighted by molar-refractivity contribution is -0.140. The third-order valence-corrected chi connectivity index (χ3v) is 9.60. The zero-order chi connectivity index (χ0) is 21.4. The number of nitrogens with one attached hydrogen (secondary N) is 3. The Kier molecular flexibility index (Phi) is 4.41. The normalized spacial score (nSPS) is 34.0. The van der Waals surface area contributed by atoms with E-state index >= 15 is 0 Å². The minimum absolute atomic E-state index is 0.131. The Hall–Kier alpha value is -1.83. The predicted molar refractivity (Wildman–Crippen MR) is 109 cm³/mol. The lowest BCUT2D eigenvalue weighted by Gasteiger charge is -2.38. The summed E-state index contributed by atoms with van der Waals surface area (Å²) < 4.78 is 54.4. The highest BCUT2D eigenvalue weighted by Gasteiger charge is 2.57. The molecule has 5 atom stereocenters. The second-order valence-electron chi connectivity index (χ2n) is 8.32. The smallest absolute Gasteiger partial charge is 0.287 e. The van der Waals surface area contributed by atoms with Gasteiger partial charge in [-0.2, -0.15) is 8.42 Å². The first-order valence-electron chi connectivity index (χ1n) is 9.56. The van der Waals surface area contributed by atoms with Crippen LogP contribution in [0.5, 0.6) is 0 Å². The summed E-state index contributed by atoms with van der Waals surface area (Å²) in [6.07, 6.45) is 3.84. The van der Waals surface area contributed by atoms with Gasteiger partial charge in [0.15, 0.2) is 11.7 Å².